The maximum Gasteiger partial charge on any atom is 0.408 e. The highest BCUT2D eigenvalue weighted by atomic mass is 16.6. The minimum absolute atomic E-state index is 0.0119. The van der Waals surface area contributed by atoms with Crippen LogP contribution in [0.4, 0.5) is 4.79 Å². The molecule has 3 unspecified atom stereocenters. The Bertz CT molecular complexity index is 878. The molecule has 0 saturated carbocycles. The number of amides is 3. The van der Waals surface area contributed by atoms with Crippen molar-refractivity contribution in [1.29, 1.82) is 0 Å². The van der Waals surface area contributed by atoms with E-state index in [9.17, 15) is 14.4 Å². The normalized spacial score (nSPS) is 13.9. The van der Waals surface area contributed by atoms with Crippen molar-refractivity contribution in [2.75, 3.05) is 6.54 Å². The predicted octanol–water partition coefficient (Wildman–Crippen LogP) is 6.69. The summed E-state index contributed by atoms with van der Waals surface area (Å²) in [6, 6.07) is 6.15. The first-order valence-corrected chi connectivity index (χ1v) is 14.5. The second-order valence-corrected chi connectivity index (χ2v) is 11.8. The van der Waals surface area contributed by atoms with Crippen LogP contribution in [0.2, 0.25) is 0 Å². The van der Waals surface area contributed by atoms with Gasteiger partial charge in [-0.2, -0.15) is 0 Å². The second kappa shape index (κ2) is 16.4. The molecule has 3 atom stereocenters. The van der Waals surface area contributed by atoms with E-state index in [1.54, 1.807) is 25.7 Å². The summed E-state index contributed by atoms with van der Waals surface area (Å²) in [5, 5.41) is 5.94. The molecular formula is C31H53N3O4. The molecule has 0 bridgehead atoms. The molecule has 0 spiro atoms. The van der Waals surface area contributed by atoms with Crippen molar-refractivity contribution in [3.63, 3.8) is 0 Å². The number of aryl methyl sites for hydroxylation is 1. The fourth-order valence-electron chi connectivity index (χ4n) is 4.52. The fourth-order valence-corrected chi connectivity index (χ4v) is 4.52. The summed E-state index contributed by atoms with van der Waals surface area (Å²) >= 11 is 0. The number of hydrogen-bond acceptors (Lipinski definition) is 4. The van der Waals surface area contributed by atoms with Crippen molar-refractivity contribution in [2.45, 2.75) is 131 Å². The number of benzene rings is 1. The number of ether oxygens (including phenoxy) is 1. The molecule has 0 heterocycles. The molecule has 1 aromatic rings. The summed E-state index contributed by atoms with van der Waals surface area (Å²) in [6.07, 6.45) is 6.26. The van der Waals surface area contributed by atoms with Crippen LogP contribution in [0.1, 0.15) is 118 Å². The second-order valence-electron chi connectivity index (χ2n) is 11.8. The molecule has 2 N–H and O–H groups in total. The van der Waals surface area contributed by atoms with E-state index in [1.165, 1.54) is 0 Å². The van der Waals surface area contributed by atoms with Crippen LogP contribution < -0.4 is 10.6 Å². The van der Waals surface area contributed by atoms with Gasteiger partial charge in [0.1, 0.15) is 17.7 Å². The smallest absolute Gasteiger partial charge is 0.408 e. The van der Waals surface area contributed by atoms with Gasteiger partial charge in [-0.3, -0.25) is 9.59 Å². The van der Waals surface area contributed by atoms with Crippen molar-refractivity contribution < 1.29 is 19.1 Å². The molecule has 7 nitrogen and oxygen atoms in total. The molecule has 216 valence electrons. The molecule has 0 saturated heterocycles. The van der Waals surface area contributed by atoms with Gasteiger partial charge >= 0.3 is 6.09 Å². The average Bonchev–Trinajstić information content (AvgIpc) is 2.80. The van der Waals surface area contributed by atoms with E-state index >= 15 is 0 Å². The third-order valence-electron chi connectivity index (χ3n) is 6.42. The zero-order chi connectivity index (χ0) is 28.9. The van der Waals surface area contributed by atoms with E-state index in [0.717, 1.165) is 56.1 Å². The molecule has 0 radical (unpaired) electrons. The van der Waals surface area contributed by atoms with Crippen molar-refractivity contribution in [3.05, 3.63) is 35.4 Å². The highest BCUT2D eigenvalue weighted by Gasteiger charge is 2.37. The Morgan fingerprint density at radius 2 is 1.61 bits per heavy atom. The molecule has 0 fully saturated rings. The summed E-state index contributed by atoms with van der Waals surface area (Å²) in [6.45, 7) is 17.8. The lowest BCUT2D eigenvalue weighted by Gasteiger charge is -2.36. The third kappa shape index (κ3) is 11.9. The number of carbonyl (C=O) groups excluding carboxylic acids is 3. The average molecular weight is 532 g/mol. The Kier molecular flexibility index (Phi) is 14.4. The first kappa shape index (κ1) is 33.5. The van der Waals surface area contributed by atoms with Gasteiger partial charge in [-0.05, 0) is 58.9 Å². The van der Waals surface area contributed by atoms with E-state index in [2.05, 4.69) is 24.5 Å². The lowest BCUT2D eigenvalue weighted by Crippen LogP contribution is -2.55. The molecule has 7 heteroatoms. The van der Waals surface area contributed by atoms with Crippen molar-refractivity contribution >= 4 is 17.9 Å². The Balaban J connectivity index is 3.45. The summed E-state index contributed by atoms with van der Waals surface area (Å²) in [7, 11) is 0. The van der Waals surface area contributed by atoms with E-state index in [0.29, 0.717) is 6.54 Å². The van der Waals surface area contributed by atoms with Crippen LogP contribution in [0.15, 0.2) is 24.3 Å². The van der Waals surface area contributed by atoms with Gasteiger partial charge in [-0.1, -0.05) is 89.6 Å². The van der Waals surface area contributed by atoms with Gasteiger partial charge in [-0.15, -0.1) is 0 Å². The zero-order valence-corrected chi connectivity index (χ0v) is 25.4. The monoisotopic (exact) mass is 531 g/mol. The van der Waals surface area contributed by atoms with Crippen molar-refractivity contribution in [3.8, 4) is 0 Å². The number of rotatable bonds is 15. The molecule has 0 aromatic heterocycles. The maximum atomic E-state index is 14.2. The number of carbonyl (C=O) groups is 3. The van der Waals surface area contributed by atoms with E-state index < -0.39 is 23.8 Å². The van der Waals surface area contributed by atoms with Gasteiger partial charge in [0, 0.05) is 12.6 Å². The minimum Gasteiger partial charge on any atom is -0.444 e. The van der Waals surface area contributed by atoms with E-state index in [1.807, 2.05) is 52.0 Å². The topological polar surface area (TPSA) is 87.7 Å². The summed E-state index contributed by atoms with van der Waals surface area (Å²) in [4.78, 5) is 42.4. The Morgan fingerprint density at radius 3 is 2.16 bits per heavy atom. The number of alkyl carbamates (subject to hydrolysis) is 1. The SMILES string of the molecule is CCCCCCCN(C(=O)C(NC(=O)OC(C)(C)C)C(C)C)C(C(=O)NC(C)CCC)c1cccc(C)c1. The Labute approximate surface area is 231 Å². The molecule has 0 aliphatic rings. The number of nitrogens with one attached hydrogen (secondary N) is 2. The van der Waals surface area contributed by atoms with Crippen molar-refractivity contribution in [2.24, 2.45) is 5.92 Å². The van der Waals surface area contributed by atoms with Gasteiger partial charge in [0.25, 0.3) is 0 Å². The summed E-state index contributed by atoms with van der Waals surface area (Å²) < 4.78 is 5.46. The molecule has 0 aliphatic heterocycles. The van der Waals surface area contributed by atoms with Crippen LogP contribution in [-0.2, 0) is 14.3 Å². The number of hydrogen-bond donors (Lipinski definition) is 2. The number of unbranched alkanes of at least 4 members (excludes halogenated alkanes) is 4. The quantitative estimate of drug-likeness (QED) is 0.247. The van der Waals surface area contributed by atoms with Crippen LogP contribution in [-0.4, -0.2) is 47.0 Å². The molecular weight excluding hydrogens is 478 g/mol. The van der Waals surface area contributed by atoms with Crippen LogP contribution in [0.3, 0.4) is 0 Å². The van der Waals surface area contributed by atoms with Gasteiger partial charge in [0.05, 0.1) is 0 Å². The van der Waals surface area contributed by atoms with E-state index in [4.69, 9.17) is 4.74 Å². The van der Waals surface area contributed by atoms with Crippen LogP contribution in [0, 0.1) is 12.8 Å². The first-order chi connectivity index (χ1) is 17.8. The molecule has 0 aliphatic carbocycles. The largest absolute Gasteiger partial charge is 0.444 e. The highest BCUT2D eigenvalue weighted by molar-refractivity contribution is 5.92. The first-order valence-electron chi connectivity index (χ1n) is 14.5. The van der Waals surface area contributed by atoms with E-state index in [-0.39, 0.29) is 23.8 Å². The predicted molar refractivity (Wildman–Crippen MR) is 155 cm³/mol. The van der Waals surface area contributed by atoms with Gasteiger partial charge in [0.15, 0.2) is 0 Å². The number of nitrogens with zero attached hydrogens (tertiary/aromatic N) is 1. The summed E-state index contributed by atoms with van der Waals surface area (Å²) in [5.74, 6) is -0.665. The lowest BCUT2D eigenvalue weighted by atomic mass is 9.97. The highest BCUT2D eigenvalue weighted by Crippen LogP contribution is 2.26. The zero-order valence-electron chi connectivity index (χ0n) is 25.4. The Hall–Kier alpha value is -2.57. The molecule has 38 heavy (non-hydrogen) atoms. The Morgan fingerprint density at radius 1 is 0.947 bits per heavy atom. The molecule has 1 rings (SSSR count). The minimum atomic E-state index is -0.825. The van der Waals surface area contributed by atoms with Crippen LogP contribution in [0.5, 0.6) is 0 Å². The standard InChI is InChI=1S/C31H53N3O4/c1-10-12-13-14-15-20-34(29(36)26(22(3)4)33-30(37)38-31(7,8)9)27(25-19-16-18-23(5)21-25)28(35)32-24(6)17-11-2/h16,18-19,21-22,24,26-27H,10-15,17,20H2,1-9H3,(H,32,35)(H,33,37). The fraction of sp³-hybridized carbons (Fsp3) is 0.710. The summed E-state index contributed by atoms with van der Waals surface area (Å²) in [5.41, 5.74) is 1.10. The molecule has 1 aromatic carbocycles. The van der Waals surface area contributed by atoms with Crippen LogP contribution in [0.25, 0.3) is 0 Å². The van der Waals surface area contributed by atoms with Gasteiger partial charge < -0.3 is 20.3 Å². The third-order valence-corrected chi connectivity index (χ3v) is 6.42. The van der Waals surface area contributed by atoms with Crippen molar-refractivity contribution in [1.82, 2.24) is 15.5 Å². The van der Waals surface area contributed by atoms with Gasteiger partial charge in [-0.25, -0.2) is 4.79 Å². The van der Waals surface area contributed by atoms with Crippen LogP contribution >= 0.6 is 0 Å². The maximum absolute atomic E-state index is 14.2. The lowest BCUT2D eigenvalue weighted by molar-refractivity contribution is -0.143. The van der Waals surface area contributed by atoms with Gasteiger partial charge in [0.2, 0.25) is 11.8 Å². The molecule has 3 amide bonds.